The minimum Gasteiger partial charge on any atom is -0.494 e. The number of benzene rings is 1. The van der Waals surface area contributed by atoms with Crippen molar-refractivity contribution < 1.29 is 9.47 Å². The second-order valence-electron chi connectivity index (χ2n) is 3.80. The molecule has 0 bridgehead atoms. The number of aryl methyl sites for hydroxylation is 1. The quantitative estimate of drug-likeness (QED) is 0.812. The van der Waals surface area contributed by atoms with Crippen LogP contribution in [0.2, 0.25) is 0 Å². The van der Waals surface area contributed by atoms with Gasteiger partial charge in [0.05, 0.1) is 7.11 Å². The standard InChI is InChI=1S/C13H17N3O2/c1-4-18-9-13-14-10(2)16(15-13)11-7-5-6-8-12(11)17-3/h5-8H,4,9H2,1-3H3. The lowest BCUT2D eigenvalue weighted by molar-refractivity contribution is 0.128. The first-order valence-electron chi connectivity index (χ1n) is 5.90. The highest BCUT2D eigenvalue weighted by Gasteiger charge is 2.11. The second kappa shape index (κ2) is 5.64. The van der Waals surface area contributed by atoms with Crippen molar-refractivity contribution in [3.8, 4) is 11.4 Å². The van der Waals surface area contributed by atoms with Crippen molar-refractivity contribution >= 4 is 0 Å². The van der Waals surface area contributed by atoms with E-state index in [0.717, 1.165) is 17.3 Å². The molecule has 5 nitrogen and oxygen atoms in total. The number of hydrogen-bond donors (Lipinski definition) is 0. The molecule has 0 spiro atoms. The number of ether oxygens (including phenoxy) is 2. The first-order valence-corrected chi connectivity index (χ1v) is 5.90. The third kappa shape index (κ3) is 2.51. The highest BCUT2D eigenvalue weighted by atomic mass is 16.5. The van der Waals surface area contributed by atoms with Crippen molar-refractivity contribution in [1.29, 1.82) is 0 Å². The van der Waals surface area contributed by atoms with Crippen molar-refractivity contribution in [2.75, 3.05) is 13.7 Å². The van der Waals surface area contributed by atoms with Gasteiger partial charge in [-0.05, 0) is 26.0 Å². The third-order valence-corrected chi connectivity index (χ3v) is 2.56. The van der Waals surface area contributed by atoms with Gasteiger partial charge in [0.25, 0.3) is 0 Å². The summed E-state index contributed by atoms with van der Waals surface area (Å²) in [4.78, 5) is 4.37. The molecular formula is C13H17N3O2. The fourth-order valence-corrected chi connectivity index (χ4v) is 1.73. The van der Waals surface area contributed by atoms with Gasteiger partial charge >= 0.3 is 0 Å². The predicted octanol–water partition coefficient (Wildman–Crippen LogP) is 2.12. The summed E-state index contributed by atoms with van der Waals surface area (Å²) in [5, 5.41) is 4.43. The van der Waals surface area contributed by atoms with Gasteiger partial charge in [0.15, 0.2) is 5.82 Å². The van der Waals surface area contributed by atoms with E-state index >= 15 is 0 Å². The summed E-state index contributed by atoms with van der Waals surface area (Å²) in [5.74, 6) is 2.27. The summed E-state index contributed by atoms with van der Waals surface area (Å²) in [5.41, 5.74) is 0.882. The molecule has 0 fully saturated rings. The van der Waals surface area contributed by atoms with Crippen molar-refractivity contribution in [3.63, 3.8) is 0 Å². The van der Waals surface area contributed by atoms with Crippen LogP contribution in [0.1, 0.15) is 18.6 Å². The molecule has 2 aromatic rings. The topological polar surface area (TPSA) is 49.2 Å². The van der Waals surface area contributed by atoms with Gasteiger partial charge in [-0.25, -0.2) is 9.67 Å². The van der Waals surface area contributed by atoms with Crippen LogP contribution in [0.3, 0.4) is 0 Å². The molecule has 0 radical (unpaired) electrons. The molecule has 1 aromatic heterocycles. The summed E-state index contributed by atoms with van der Waals surface area (Å²) in [6, 6.07) is 7.72. The van der Waals surface area contributed by atoms with E-state index in [4.69, 9.17) is 9.47 Å². The number of hydrogen-bond acceptors (Lipinski definition) is 4. The highest BCUT2D eigenvalue weighted by molar-refractivity contribution is 5.46. The maximum absolute atomic E-state index is 5.33. The molecule has 0 N–H and O–H groups in total. The number of nitrogens with zero attached hydrogens (tertiary/aromatic N) is 3. The molecule has 1 aromatic carbocycles. The molecule has 0 amide bonds. The van der Waals surface area contributed by atoms with Gasteiger partial charge in [0, 0.05) is 6.61 Å². The highest BCUT2D eigenvalue weighted by Crippen LogP contribution is 2.22. The van der Waals surface area contributed by atoms with Crippen molar-refractivity contribution in [2.45, 2.75) is 20.5 Å². The van der Waals surface area contributed by atoms with Gasteiger partial charge in [-0.2, -0.15) is 0 Å². The van der Waals surface area contributed by atoms with Crippen LogP contribution >= 0.6 is 0 Å². The molecule has 0 unspecified atom stereocenters. The van der Waals surface area contributed by atoms with E-state index in [1.807, 2.05) is 38.1 Å². The summed E-state index contributed by atoms with van der Waals surface area (Å²) < 4.78 is 12.4. The molecule has 5 heteroatoms. The molecule has 2 rings (SSSR count). The Kier molecular flexibility index (Phi) is 3.94. The molecule has 0 aliphatic heterocycles. The first-order chi connectivity index (χ1) is 8.76. The van der Waals surface area contributed by atoms with Gasteiger partial charge in [0.1, 0.15) is 23.9 Å². The molecule has 1 heterocycles. The van der Waals surface area contributed by atoms with Gasteiger partial charge in [0.2, 0.25) is 0 Å². The van der Waals surface area contributed by atoms with E-state index in [9.17, 15) is 0 Å². The SMILES string of the molecule is CCOCc1nc(C)n(-c2ccccc2OC)n1. The summed E-state index contributed by atoms with van der Waals surface area (Å²) in [7, 11) is 1.65. The average molecular weight is 247 g/mol. The molecule has 0 aliphatic carbocycles. The van der Waals surface area contributed by atoms with Crippen LogP contribution in [0.15, 0.2) is 24.3 Å². The van der Waals surface area contributed by atoms with E-state index in [2.05, 4.69) is 10.1 Å². The van der Waals surface area contributed by atoms with Gasteiger partial charge < -0.3 is 9.47 Å². The zero-order valence-electron chi connectivity index (χ0n) is 10.9. The summed E-state index contributed by atoms with van der Waals surface area (Å²) in [6.07, 6.45) is 0. The fraction of sp³-hybridized carbons (Fsp3) is 0.385. The van der Waals surface area contributed by atoms with E-state index < -0.39 is 0 Å². The molecule has 18 heavy (non-hydrogen) atoms. The lowest BCUT2D eigenvalue weighted by Crippen LogP contribution is -2.02. The van der Waals surface area contributed by atoms with Crippen LogP contribution in [0.5, 0.6) is 5.75 Å². The zero-order chi connectivity index (χ0) is 13.0. The van der Waals surface area contributed by atoms with Crippen LogP contribution in [0.4, 0.5) is 0 Å². The van der Waals surface area contributed by atoms with E-state index in [1.165, 1.54) is 0 Å². The van der Waals surface area contributed by atoms with E-state index in [1.54, 1.807) is 11.8 Å². The number of rotatable bonds is 5. The summed E-state index contributed by atoms with van der Waals surface area (Å²) >= 11 is 0. The Morgan fingerprint density at radius 1 is 1.28 bits per heavy atom. The third-order valence-electron chi connectivity index (χ3n) is 2.56. The van der Waals surface area contributed by atoms with Crippen molar-refractivity contribution in [1.82, 2.24) is 14.8 Å². The van der Waals surface area contributed by atoms with Gasteiger partial charge in [-0.1, -0.05) is 12.1 Å². The number of aromatic nitrogens is 3. The van der Waals surface area contributed by atoms with E-state index in [-0.39, 0.29) is 0 Å². The molecule has 96 valence electrons. The monoisotopic (exact) mass is 247 g/mol. The lowest BCUT2D eigenvalue weighted by atomic mass is 10.3. The molecular weight excluding hydrogens is 230 g/mol. The molecule has 0 saturated carbocycles. The van der Waals surface area contributed by atoms with Gasteiger partial charge in [-0.15, -0.1) is 5.10 Å². The van der Waals surface area contributed by atoms with Crippen LogP contribution in [0, 0.1) is 6.92 Å². The van der Waals surface area contributed by atoms with Gasteiger partial charge in [-0.3, -0.25) is 0 Å². The Labute approximate surface area is 106 Å². The lowest BCUT2D eigenvalue weighted by Gasteiger charge is -2.08. The number of para-hydroxylation sites is 2. The predicted molar refractivity (Wildman–Crippen MR) is 68.0 cm³/mol. The Balaban J connectivity index is 2.35. The minimum absolute atomic E-state index is 0.430. The normalized spacial score (nSPS) is 10.6. The Hall–Kier alpha value is -1.88. The van der Waals surface area contributed by atoms with E-state index in [0.29, 0.717) is 19.0 Å². The zero-order valence-corrected chi connectivity index (χ0v) is 10.9. The Bertz CT molecular complexity index is 523. The largest absolute Gasteiger partial charge is 0.494 e. The smallest absolute Gasteiger partial charge is 0.176 e. The molecule has 0 saturated heterocycles. The average Bonchev–Trinajstić information content (AvgIpc) is 2.77. The second-order valence-corrected chi connectivity index (χ2v) is 3.80. The summed E-state index contributed by atoms with van der Waals surface area (Å²) in [6.45, 7) is 4.95. The molecule has 0 aliphatic rings. The minimum atomic E-state index is 0.430. The number of methoxy groups -OCH3 is 1. The fourth-order valence-electron chi connectivity index (χ4n) is 1.73. The first kappa shape index (κ1) is 12.6. The van der Waals surface area contributed by atoms with Crippen LogP contribution in [-0.2, 0) is 11.3 Å². The van der Waals surface area contributed by atoms with Crippen LogP contribution in [-0.4, -0.2) is 28.5 Å². The van der Waals surface area contributed by atoms with Crippen LogP contribution in [0.25, 0.3) is 5.69 Å². The maximum Gasteiger partial charge on any atom is 0.176 e. The van der Waals surface area contributed by atoms with Crippen LogP contribution < -0.4 is 4.74 Å². The van der Waals surface area contributed by atoms with Crippen molar-refractivity contribution in [2.24, 2.45) is 0 Å². The Morgan fingerprint density at radius 3 is 2.78 bits per heavy atom. The maximum atomic E-state index is 5.33. The molecule has 0 atom stereocenters. The van der Waals surface area contributed by atoms with Crippen molar-refractivity contribution in [3.05, 3.63) is 35.9 Å². The Morgan fingerprint density at radius 2 is 2.06 bits per heavy atom.